The van der Waals surface area contributed by atoms with Gasteiger partial charge >= 0.3 is 0 Å². The van der Waals surface area contributed by atoms with Crippen molar-refractivity contribution in [3.05, 3.63) is 63.3 Å². The van der Waals surface area contributed by atoms with E-state index in [-0.39, 0.29) is 5.91 Å². The van der Waals surface area contributed by atoms with Crippen molar-refractivity contribution in [2.75, 3.05) is 0 Å². The van der Waals surface area contributed by atoms with Gasteiger partial charge in [0.15, 0.2) is 10.8 Å². The molecule has 7 heteroatoms. The van der Waals surface area contributed by atoms with Gasteiger partial charge < -0.3 is 5.32 Å². The molecule has 0 saturated heterocycles. The fourth-order valence-corrected chi connectivity index (χ4v) is 3.57. The number of thiazole rings is 1. The van der Waals surface area contributed by atoms with E-state index < -0.39 is 5.54 Å². The molecule has 25 heavy (non-hydrogen) atoms. The third-order valence-corrected chi connectivity index (χ3v) is 5.43. The summed E-state index contributed by atoms with van der Waals surface area (Å²) in [7, 11) is 0. The molecule has 0 unspecified atom stereocenters. The highest BCUT2D eigenvalue weighted by Gasteiger charge is 2.26. The van der Waals surface area contributed by atoms with Gasteiger partial charge in [0.2, 0.25) is 0 Å². The lowest BCUT2D eigenvalue weighted by Crippen LogP contribution is -2.40. The van der Waals surface area contributed by atoms with Gasteiger partial charge in [-0.3, -0.25) is 4.79 Å². The van der Waals surface area contributed by atoms with E-state index in [9.17, 15) is 4.79 Å². The summed E-state index contributed by atoms with van der Waals surface area (Å²) >= 11 is 4.73. The summed E-state index contributed by atoms with van der Waals surface area (Å²) in [5.74, 6) is 0.381. The Balaban J connectivity index is 1.84. The van der Waals surface area contributed by atoms with Crippen molar-refractivity contribution in [1.82, 2.24) is 20.3 Å². The number of nitrogens with one attached hydrogen (secondary N) is 1. The fraction of sp³-hybridized carbons (Fsp3) is 0.222. The highest BCUT2D eigenvalue weighted by molar-refractivity contribution is 9.10. The smallest absolute Gasteiger partial charge is 0.263 e. The minimum absolute atomic E-state index is 0.148. The Kier molecular flexibility index (Phi) is 4.96. The third-order valence-electron chi connectivity index (χ3n) is 3.75. The molecule has 0 bridgehead atoms. The molecule has 2 aromatic heterocycles. The summed E-state index contributed by atoms with van der Waals surface area (Å²) < 4.78 is 1.00. The van der Waals surface area contributed by atoms with E-state index in [1.165, 1.54) is 11.3 Å². The van der Waals surface area contributed by atoms with Gasteiger partial charge in [0.05, 0.1) is 11.2 Å². The van der Waals surface area contributed by atoms with Gasteiger partial charge in [-0.25, -0.2) is 15.0 Å². The average Bonchev–Trinajstić information content (AvgIpc) is 2.98. The van der Waals surface area contributed by atoms with Crippen LogP contribution in [0.4, 0.5) is 0 Å². The molecule has 3 rings (SSSR count). The zero-order valence-electron chi connectivity index (χ0n) is 14.1. The minimum Gasteiger partial charge on any atom is -0.342 e. The van der Waals surface area contributed by atoms with Gasteiger partial charge in [-0.2, -0.15) is 0 Å². The summed E-state index contributed by atoms with van der Waals surface area (Å²) in [6, 6.07) is 9.66. The highest BCUT2D eigenvalue weighted by atomic mass is 79.9. The van der Waals surface area contributed by atoms with Crippen LogP contribution in [0.2, 0.25) is 0 Å². The zero-order valence-corrected chi connectivity index (χ0v) is 16.5. The van der Waals surface area contributed by atoms with Gasteiger partial charge in [0, 0.05) is 16.9 Å². The summed E-state index contributed by atoms with van der Waals surface area (Å²) in [6.07, 6.45) is 3.32. The molecule has 3 aromatic rings. The lowest BCUT2D eigenvalue weighted by atomic mass is 9.94. The van der Waals surface area contributed by atoms with Crippen molar-refractivity contribution in [2.45, 2.75) is 26.3 Å². The number of aromatic nitrogens is 3. The number of aryl methyl sites for hydroxylation is 1. The largest absolute Gasteiger partial charge is 0.342 e. The van der Waals surface area contributed by atoms with Crippen LogP contribution in [-0.4, -0.2) is 20.9 Å². The lowest BCUT2D eigenvalue weighted by Gasteiger charge is -2.26. The summed E-state index contributed by atoms with van der Waals surface area (Å²) in [4.78, 5) is 26.2. The van der Waals surface area contributed by atoms with Crippen LogP contribution in [0.25, 0.3) is 10.8 Å². The van der Waals surface area contributed by atoms with Gasteiger partial charge in [-0.05, 0) is 44.5 Å². The first kappa shape index (κ1) is 17.7. The predicted molar refractivity (Wildman–Crippen MR) is 103 cm³/mol. The standard InChI is InChI=1S/C18H17BrN4OS/c1-11-14(25-17(22-11)15-20-9-4-10-21-15)16(24)23-18(2,3)12-5-7-13(19)8-6-12/h4-10H,1-3H3,(H,23,24). The molecule has 1 aromatic carbocycles. The average molecular weight is 417 g/mol. The number of hydrogen-bond acceptors (Lipinski definition) is 5. The molecule has 0 fully saturated rings. The van der Waals surface area contributed by atoms with Crippen LogP contribution < -0.4 is 5.32 Å². The number of carbonyl (C=O) groups is 1. The second-order valence-corrected chi connectivity index (χ2v) is 8.01. The summed E-state index contributed by atoms with van der Waals surface area (Å²) in [5.41, 5.74) is 1.20. The van der Waals surface area contributed by atoms with E-state index in [4.69, 9.17) is 0 Å². The van der Waals surface area contributed by atoms with E-state index in [0.717, 1.165) is 10.0 Å². The van der Waals surface area contributed by atoms with Crippen LogP contribution in [0.1, 0.15) is 34.8 Å². The number of amides is 1. The molecule has 0 saturated carbocycles. The zero-order chi connectivity index (χ0) is 18.0. The van der Waals surface area contributed by atoms with Crippen molar-refractivity contribution in [2.24, 2.45) is 0 Å². The van der Waals surface area contributed by atoms with Crippen molar-refractivity contribution >= 4 is 33.2 Å². The Morgan fingerprint density at radius 1 is 1.16 bits per heavy atom. The molecule has 5 nitrogen and oxygen atoms in total. The normalized spacial score (nSPS) is 11.4. The summed E-state index contributed by atoms with van der Waals surface area (Å²) in [5, 5.41) is 3.73. The van der Waals surface area contributed by atoms with Crippen LogP contribution in [0.5, 0.6) is 0 Å². The van der Waals surface area contributed by atoms with Gasteiger partial charge in [-0.15, -0.1) is 11.3 Å². The van der Waals surface area contributed by atoms with Gasteiger partial charge in [0.25, 0.3) is 5.91 Å². The van der Waals surface area contributed by atoms with E-state index >= 15 is 0 Å². The molecule has 0 radical (unpaired) electrons. The number of halogens is 1. The van der Waals surface area contributed by atoms with Crippen LogP contribution in [0.3, 0.4) is 0 Å². The lowest BCUT2D eigenvalue weighted by molar-refractivity contribution is 0.0915. The molecule has 0 aliphatic rings. The molecule has 0 aliphatic carbocycles. The molecule has 2 heterocycles. The topological polar surface area (TPSA) is 67.8 Å². The second kappa shape index (κ2) is 7.01. The Bertz CT molecular complexity index is 891. The predicted octanol–water partition coefficient (Wildman–Crippen LogP) is 4.34. The Hall–Kier alpha value is -2.12. The minimum atomic E-state index is -0.502. The molecule has 1 N–H and O–H groups in total. The van der Waals surface area contributed by atoms with Crippen LogP contribution >= 0.6 is 27.3 Å². The Morgan fingerprint density at radius 2 is 1.80 bits per heavy atom. The SMILES string of the molecule is Cc1nc(-c2ncccn2)sc1C(=O)NC(C)(C)c1ccc(Br)cc1. The maximum Gasteiger partial charge on any atom is 0.263 e. The fourth-order valence-electron chi connectivity index (χ4n) is 2.39. The van der Waals surface area contributed by atoms with Gasteiger partial charge in [0.1, 0.15) is 4.88 Å². The number of rotatable bonds is 4. The number of carbonyl (C=O) groups excluding carboxylic acids is 1. The number of benzene rings is 1. The highest BCUT2D eigenvalue weighted by Crippen LogP contribution is 2.27. The van der Waals surface area contributed by atoms with Crippen LogP contribution in [-0.2, 0) is 5.54 Å². The first-order chi connectivity index (χ1) is 11.9. The Morgan fingerprint density at radius 3 is 2.44 bits per heavy atom. The first-order valence-electron chi connectivity index (χ1n) is 7.70. The monoisotopic (exact) mass is 416 g/mol. The third kappa shape index (κ3) is 3.93. The molecule has 0 atom stereocenters. The maximum absolute atomic E-state index is 12.8. The number of hydrogen-bond donors (Lipinski definition) is 1. The Labute approximate surface area is 158 Å². The van der Waals surface area contributed by atoms with Crippen molar-refractivity contribution in [3.8, 4) is 10.8 Å². The maximum atomic E-state index is 12.8. The first-order valence-corrected chi connectivity index (χ1v) is 9.31. The molecular formula is C18H17BrN4OS. The van der Waals surface area contributed by atoms with E-state index in [0.29, 0.717) is 21.4 Å². The van der Waals surface area contributed by atoms with Crippen molar-refractivity contribution < 1.29 is 4.79 Å². The van der Waals surface area contributed by atoms with Crippen LogP contribution in [0.15, 0.2) is 47.2 Å². The van der Waals surface area contributed by atoms with E-state index in [1.54, 1.807) is 18.5 Å². The van der Waals surface area contributed by atoms with Gasteiger partial charge in [-0.1, -0.05) is 28.1 Å². The van der Waals surface area contributed by atoms with E-state index in [1.807, 2.05) is 45.0 Å². The number of nitrogens with zero attached hydrogens (tertiary/aromatic N) is 3. The quantitative estimate of drug-likeness (QED) is 0.686. The molecular weight excluding hydrogens is 400 g/mol. The second-order valence-electron chi connectivity index (χ2n) is 6.09. The molecule has 0 aliphatic heterocycles. The van der Waals surface area contributed by atoms with E-state index in [2.05, 4.69) is 36.2 Å². The van der Waals surface area contributed by atoms with Crippen molar-refractivity contribution in [3.63, 3.8) is 0 Å². The van der Waals surface area contributed by atoms with Crippen molar-refractivity contribution in [1.29, 1.82) is 0 Å². The molecule has 0 spiro atoms. The summed E-state index contributed by atoms with van der Waals surface area (Å²) in [6.45, 7) is 5.78. The van der Waals surface area contributed by atoms with Crippen LogP contribution in [0, 0.1) is 6.92 Å². The molecule has 128 valence electrons. The molecule has 1 amide bonds.